The molecule has 0 atom stereocenters. The lowest BCUT2D eigenvalue weighted by atomic mass is 10.0. The standard InChI is InChI=1S/C55H96FN2.C7H10N.2C7H8O3S/c1-4-7-9-11-13-15-17-19-21-23-25-27-29-31-33-35-37-39-47-58(54-44-43-53(55(56)51-54)42-41-52-45-49-57(6-3)50-46-52)48-40-38-36-34-32-30-28-26-24-22-20-18-16-14-12-10-8-5-2;1-2-8-6-4-3-5-7-8;2*1-6-2-4-7(5-3-6)11(8,9)10/h41-46,49-51H,4-40,47-48H2,1-3H3;3-7H,2H2,1H3;2*2-5H,1H3,(H,8,9,10)/q2*+1;;/p-2. The zero-order valence-corrected chi connectivity index (χ0v) is 57.6. The van der Waals surface area contributed by atoms with Crippen LogP contribution in [0.5, 0.6) is 0 Å². The number of aryl methyl sites for hydroxylation is 4. The Kier molecular flexibility index (Phi) is 46.8. The van der Waals surface area contributed by atoms with E-state index in [0.29, 0.717) is 5.56 Å². The zero-order valence-electron chi connectivity index (χ0n) is 56.0. The molecule has 0 saturated carbocycles. The third-order valence-electron chi connectivity index (χ3n) is 16.4. The van der Waals surface area contributed by atoms with E-state index in [1.54, 1.807) is 30.3 Å². The summed E-state index contributed by atoms with van der Waals surface area (Å²) in [7, 11) is -8.54. The fourth-order valence-electron chi connectivity index (χ4n) is 10.7. The number of hydrogen-bond acceptors (Lipinski definition) is 7. The van der Waals surface area contributed by atoms with Gasteiger partial charge in [-0.1, -0.05) is 286 Å². The number of benzene rings is 3. The molecule has 0 N–H and O–H groups in total. The van der Waals surface area contributed by atoms with Crippen molar-refractivity contribution in [2.75, 3.05) is 18.0 Å². The summed E-state index contributed by atoms with van der Waals surface area (Å²) in [4.78, 5) is 2.13. The van der Waals surface area contributed by atoms with Gasteiger partial charge in [-0.25, -0.2) is 30.4 Å². The van der Waals surface area contributed by atoms with Crippen LogP contribution < -0.4 is 14.0 Å². The molecule has 5 aromatic rings. The van der Waals surface area contributed by atoms with Crippen LogP contribution in [0.2, 0.25) is 0 Å². The quantitative estimate of drug-likeness (QED) is 0.0216. The molecule has 0 aliphatic rings. The van der Waals surface area contributed by atoms with Crippen LogP contribution in [0.3, 0.4) is 0 Å². The molecule has 0 amide bonds. The van der Waals surface area contributed by atoms with Gasteiger partial charge in [0.05, 0.1) is 9.79 Å². The van der Waals surface area contributed by atoms with Gasteiger partial charge in [-0.05, 0) is 88.6 Å². The lowest BCUT2D eigenvalue weighted by Gasteiger charge is -2.25. The molecule has 0 bridgehead atoms. The zero-order chi connectivity index (χ0) is 64.2. The van der Waals surface area contributed by atoms with Crippen molar-refractivity contribution in [3.05, 3.63) is 150 Å². The highest BCUT2D eigenvalue weighted by Gasteiger charge is 2.11. The SMILES string of the molecule is CCCCCCCCCCCCCCCCCCCCN(CCCCCCCCCCCCCCCCCCCC)c1ccc(C=Cc2cc[n+](CC)cc2)c(F)c1.CC[n+]1ccccc1.Cc1ccc(S(=O)(=O)[O-])cc1.Cc1ccc(S(=O)(=O)[O-])cc1. The van der Waals surface area contributed by atoms with Crippen molar-refractivity contribution < 1.29 is 39.5 Å². The normalized spacial score (nSPS) is 11.4. The molecule has 12 heteroatoms. The number of unbranched alkanes of at least 4 members (excludes halogenated alkanes) is 34. The Morgan fingerprint density at radius 3 is 0.977 bits per heavy atom. The van der Waals surface area contributed by atoms with Gasteiger partial charge < -0.3 is 14.0 Å². The Labute approximate surface area is 538 Å². The molecule has 0 spiro atoms. The van der Waals surface area contributed by atoms with Crippen molar-refractivity contribution in [2.45, 2.75) is 296 Å². The van der Waals surface area contributed by atoms with Gasteiger partial charge in [-0.15, -0.1) is 0 Å². The number of hydrogen-bond donors (Lipinski definition) is 0. The first-order valence-electron chi connectivity index (χ1n) is 34.8. The van der Waals surface area contributed by atoms with E-state index < -0.39 is 20.2 Å². The van der Waals surface area contributed by atoms with Crippen LogP contribution in [-0.4, -0.2) is 39.0 Å². The maximum Gasteiger partial charge on any atom is 0.169 e. The van der Waals surface area contributed by atoms with Gasteiger partial charge in [0.1, 0.15) is 39.1 Å². The fourth-order valence-corrected chi connectivity index (χ4v) is 11.6. The minimum atomic E-state index is -4.27. The average molecular weight is 1250 g/mol. The number of nitrogens with zero attached hydrogens (tertiary/aromatic N) is 3. The van der Waals surface area contributed by atoms with Crippen LogP contribution in [0.15, 0.2) is 132 Å². The van der Waals surface area contributed by atoms with E-state index in [-0.39, 0.29) is 15.6 Å². The maximum atomic E-state index is 15.5. The summed E-state index contributed by atoms with van der Waals surface area (Å²) < 4.78 is 82.1. The largest absolute Gasteiger partial charge is 0.744 e. The third kappa shape index (κ3) is 42.3. The summed E-state index contributed by atoms with van der Waals surface area (Å²) in [5, 5.41) is 0. The summed E-state index contributed by atoms with van der Waals surface area (Å²) in [6.07, 6.45) is 62.6. The Balaban J connectivity index is 0.000000698. The third-order valence-corrected chi connectivity index (χ3v) is 18.1. The summed E-state index contributed by atoms with van der Waals surface area (Å²) in [6, 6.07) is 27.8. The number of aromatic nitrogens is 2. The molecule has 494 valence electrons. The Morgan fingerprint density at radius 1 is 0.386 bits per heavy atom. The molecular weight excluding hydrogens is 1130 g/mol. The van der Waals surface area contributed by atoms with E-state index in [0.717, 1.165) is 48.6 Å². The Bertz CT molecular complexity index is 2570. The van der Waals surface area contributed by atoms with Gasteiger partial charge >= 0.3 is 0 Å². The molecule has 9 nitrogen and oxygen atoms in total. The molecule has 5 rings (SSSR count). The molecule has 0 aliphatic heterocycles. The molecule has 0 radical (unpaired) electrons. The smallest absolute Gasteiger partial charge is 0.169 e. The van der Waals surface area contributed by atoms with E-state index in [1.807, 2.05) is 50.3 Å². The summed E-state index contributed by atoms with van der Waals surface area (Å²) in [6.45, 7) is 16.6. The first-order valence-corrected chi connectivity index (χ1v) is 37.6. The molecule has 2 aromatic heterocycles. The van der Waals surface area contributed by atoms with Crippen molar-refractivity contribution in [1.82, 2.24) is 0 Å². The van der Waals surface area contributed by atoms with Crippen LogP contribution in [0.4, 0.5) is 10.1 Å². The highest BCUT2D eigenvalue weighted by molar-refractivity contribution is 7.86. The highest BCUT2D eigenvalue weighted by Crippen LogP contribution is 2.24. The minimum absolute atomic E-state index is 0.117. The van der Waals surface area contributed by atoms with Crippen LogP contribution in [-0.2, 0) is 33.3 Å². The van der Waals surface area contributed by atoms with Gasteiger partial charge in [-0.2, -0.15) is 0 Å². The summed E-state index contributed by atoms with van der Waals surface area (Å²) in [5.74, 6) is -0.117. The second-order valence-electron chi connectivity index (χ2n) is 24.2. The van der Waals surface area contributed by atoms with E-state index in [1.165, 1.54) is 255 Å². The summed E-state index contributed by atoms with van der Waals surface area (Å²) >= 11 is 0. The maximum absolute atomic E-state index is 15.5. The predicted molar refractivity (Wildman–Crippen MR) is 368 cm³/mol. The van der Waals surface area contributed by atoms with Crippen molar-refractivity contribution in [3.63, 3.8) is 0 Å². The Hall–Kier alpha value is -4.75. The molecular formula is C76H120FN3O6S2. The molecule has 0 unspecified atom stereocenters. The first kappa shape index (κ1) is 79.3. The monoisotopic (exact) mass is 1250 g/mol. The lowest BCUT2D eigenvalue weighted by Crippen LogP contribution is -2.30. The molecule has 0 saturated heterocycles. The van der Waals surface area contributed by atoms with Gasteiger partial charge in [0, 0.05) is 48.6 Å². The van der Waals surface area contributed by atoms with Crippen LogP contribution in [0, 0.1) is 19.7 Å². The fraction of sp³-hybridized carbons (Fsp3) is 0.605. The number of pyridine rings is 2. The van der Waals surface area contributed by atoms with Gasteiger partial charge in [0.2, 0.25) is 0 Å². The van der Waals surface area contributed by atoms with Gasteiger partial charge in [-0.3, -0.25) is 0 Å². The second-order valence-corrected chi connectivity index (χ2v) is 27.0. The molecule has 0 aliphatic carbocycles. The van der Waals surface area contributed by atoms with Gasteiger partial charge in [0.15, 0.2) is 24.8 Å². The highest BCUT2D eigenvalue weighted by atomic mass is 32.2. The van der Waals surface area contributed by atoms with Crippen molar-refractivity contribution in [2.24, 2.45) is 0 Å². The van der Waals surface area contributed by atoms with Crippen LogP contribution in [0.1, 0.15) is 281 Å². The number of halogens is 1. The van der Waals surface area contributed by atoms with E-state index in [4.69, 9.17) is 0 Å². The van der Waals surface area contributed by atoms with Crippen LogP contribution in [0.25, 0.3) is 12.2 Å². The second kappa shape index (κ2) is 51.9. The number of anilines is 1. The van der Waals surface area contributed by atoms with E-state index in [2.05, 4.69) is 84.7 Å². The molecule has 88 heavy (non-hydrogen) atoms. The first-order chi connectivity index (χ1) is 42.6. The topological polar surface area (TPSA) is 125 Å². The molecule has 0 fully saturated rings. The van der Waals surface area contributed by atoms with E-state index >= 15 is 4.39 Å². The Morgan fingerprint density at radius 2 is 0.693 bits per heavy atom. The molecule has 3 aromatic carbocycles. The van der Waals surface area contributed by atoms with Crippen LogP contribution >= 0.6 is 0 Å². The predicted octanol–water partition coefficient (Wildman–Crippen LogP) is 21.0. The van der Waals surface area contributed by atoms with E-state index in [9.17, 15) is 25.9 Å². The number of rotatable bonds is 45. The average Bonchev–Trinajstić information content (AvgIpc) is 3.57. The van der Waals surface area contributed by atoms with Crippen molar-refractivity contribution in [3.8, 4) is 0 Å². The summed E-state index contributed by atoms with van der Waals surface area (Å²) in [5.41, 5.74) is 4.67. The minimum Gasteiger partial charge on any atom is -0.744 e. The lowest BCUT2D eigenvalue weighted by molar-refractivity contribution is -0.693. The van der Waals surface area contributed by atoms with Crippen molar-refractivity contribution >= 4 is 38.1 Å². The van der Waals surface area contributed by atoms with Gasteiger partial charge in [0.25, 0.3) is 0 Å². The molecule has 2 heterocycles. The van der Waals surface area contributed by atoms with Crippen molar-refractivity contribution in [1.29, 1.82) is 0 Å².